The molecule has 0 aliphatic rings. The van der Waals surface area contributed by atoms with Crippen molar-refractivity contribution in [2.45, 2.75) is 34.1 Å². The highest BCUT2D eigenvalue weighted by atomic mass is 16.5. The van der Waals surface area contributed by atoms with Crippen LogP contribution in [-0.2, 0) is 0 Å². The number of hydrogen-bond donors (Lipinski definition) is 2. The lowest BCUT2D eigenvalue weighted by Crippen LogP contribution is -2.14. The van der Waals surface area contributed by atoms with Crippen molar-refractivity contribution < 1.29 is 34.0 Å². The zero-order valence-corrected chi connectivity index (χ0v) is 17.9. The molecule has 7 nitrogen and oxygen atoms in total. The van der Waals surface area contributed by atoms with Gasteiger partial charge in [-0.3, -0.25) is 4.79 Å². The third kappa shape index (κ3) is 5.89. The van der Waals surface area contributed by atoms with E-state index in [1.807, 2.05) is 20.8 Å². The molecule has 162 valence electrons. The molecule has 2 N–H and O–H groups in total. The monoisotopic (exact) mass is 416 g/mol. The zero-order chi connectivity index (χ0) is 22.5. The van der Waals surface area contributed by atoms with Crippen LogP contribution in [-0.4, -0.2) is 42.3 Å². The maximum Gasteiger partial charge on any atom is 0.335 e. The van der Waals surface area contributed by atoms with Crippen LogP contribution in [0, 0.1) is 12.3 Å². The molecule has 0 aliphatic heterocycles. The smallest absolute Gasteiger partial charge is 0.335 e. The summed E-state index contributed by atoms with van der Waals surface area (Å²) in [6, 6.07) is 7.55. The van der Waals surface area contributed by atoms with Crippen LogP contribution in [0.15, 0.2) is 30.3 Å². The van der Waals surface area contributed by atoms with E-state index in [1.165, 1.54) is 25.3 Å². The molecule has 2 aromatic carbocycles. The minimum absolute atomic E-state index is 0.0847. The first-order valence-corrected chi connectivity index (χ1v) is 9.56. The first-order chi connectivity index (χ1) is 14.0. The zero-order valence-electron chi connectivity index (χ0n) is 17.9. The number of aromatic hydroxyl groups is 1. The molecule has 2 rings (SSSR count). The van der Waals surface area contributed by atoms with E-state index in [0.717, 1.165) is 0 Å². The second kappa shape index (κ2) is 9.52. The van der Waals surface area contributed by atoms with Crippen LogP contribution in [0.2, 0.25) is 0 Å². The highest BCUT2D eigenvalue weighted by Crippen LogP contribution is 2.33. The average molecular weight is 416 g/mol. The van der Waals surface area contributed by atoms with Gasteiger partial charge in [0, 0.05) is 12.0 Å². The fourth-order valence-corrected chi connectivity index (χ4v) is 2.87. The number of methoxy groups -OCH3 is 1. The Bertz CT molecular complexity index is 926. The Kier molecular flexibility index (Phi) is 7.32. The Labute approximate surface area is 176 Å². The summed E-state index contributed by atoms with van der Waals surface area (Å²) < 4.78 is 16.4. The molecular formula is C23H28O7. The second-order valence-corrected chi connectivity index (χ2v) is 8.11. The lowest BCUT2D eigenvalue weighted by molar-refractivity contribution is 0.0695. The first-order valence-electron chi connectivity index (χ1n) is 9.56. The molecule has 0 saturated heterocycles. The number of benzene rings is 2. The number of ether oxygens (including phenoxy) is 3. The van der Waals surface area contributed by atoms with Crippen molar-refractivity contribution in [2.24, 2.45) is 5.41 Å². The Morgan fingerprint density at radius 3 is 2.13 bits per heavy atom. The van der Waals surface area contributed by atoms with Crippen molar-refractivity contribution in [3.05, 3.63) is 47.0 Å². The van der Waals surface area contributed by atoms with Crippen molar-refractivity contribution >= 4 is 11.8 Å². The number of carboxylic acids is 1. The third-order valence-electron chi connectivity index (χ3n) is 4.38. The Morgan fingerprint density at radius 2 is 1.57 bits per heavy atom. The molecule has 30 heavy (non-hydrogen) atoms. The Balaban J connectivity index is 2.02. The van der Waals surface area contributed by atoms with E-state index >= 15 is 0 Å². The van der Waals surface area contributed by atoms with E-state index in [2.05, 4.69) is 0 Å². The van der Waals surface area contributed by atoms with Gasteiger partial charge in [0.1, 0.15) is 24.7 Å². The molecule has 0 heterocycles. The third-order valence-corrected chi connectivity index (χ3v) is 4.38. The van der Waals surface area contributed by atoms with Gasteiger partial charge in [0.15, 0.2) is 17.3 Å². The highest BCUT2D eigenvalue weighted by molar-refractivity contribution is 5.99. The summed E-state index contributed by atoms with van der Waals surface area (Å²) in [5.41, 5.74) is 0.660. The largest absolute Gasteiger partial charge is 0.507 e. The number of aromatic carboxylic acids is 1. The van der Waals surface area contributed by atoms with Crippen molar-refractivity contribution in [1.82, 2.24) is 0 Å². The standard InChI is InChI=1S/C23H28O7/c1-14-18(9-7-16(21(14)25)17(24)13-23(2,3)4)29-10-11-30-20-12-15(22(26)27)6-8-19(20)28-5/h6-9,12,25H,10-11,13H2,1-5H3,(H,26,27). The van der Waals surface area contributed by atoms with Gasteiger partial charge < -0.3 is 24.4 Å². The quantitative estimate of drug-likeness (QED) is 0.459. The summed E-state index contributed by atoms with van der Waals surface area (Å²) in [6.45, 7) is 7.85. The van der Waals surface area contributed by atoms with E-state index < -0.39 is 5.97 Å². The number of carboxylic acid groups (broad SMARTS) is 1. The minimum Gasteiger partial charge on any atom is -0.507 e. The molecule has 0 unspecified atom stereocenters. The maximum absolute atomic E-state index is 12.4. The van der Waals surface area contributed by atoms with Gasteiger partial charge in [0.25, 0.3) is 0 Å². The van der Waals surface area contributed by atoms with Crippen molar-refractivity contribution in [2.75, 3.05) is 20.3 Å². The second-order valence-electron chi connectivity index (χ2n) is 8.11. The molecule has 0 fully saturated rings. The molecule has 0 spiro atoms. The van der Waals surface area contributed by atoms with Gasteiger partial charge in [-0.15, -0.1) is 0 Å². The summed E-state index contributed by atoms with van der Waals surface area (Å²) >= 11 is 0. The summed E-state index contributed by atoms with van der Waals surface area (Å²) in [6.07, 6.45) is 0.325. The molecule has 7 heteroatoms. The van der Waals surface area contributed by atoms with Crippen LogP contribution in [0.25, 0.3) is 0 Å². The topological polar surface area (TPSA) is 102 Å². The number of carbonyl (C=O) groups excluding carboxylic acids is 1. The predicted molar refractivity (Wildman–Crippen MR) is 112 cm³/mol. The van der Waals surface area contributed by atoms with E-state index in [0.29, 0.717) is 29.2 Å². The van der Waals surface area contributed by atoms with Crippen LogP contribution in [0.5, 0.6) is 23.0 Å². The maximum atomic E-state index is 12.4. The van der Waals surface area contributed by atoms with E-state index in [-0.39, 0.29) is 41.3 Å². The van der Waals surface area contributed by atoms with Gasteiger partial charge in [0.2, 0.25) is 0 Å². The van der Waals surface area contributed by atoms with Gasteiger partial charge in [0.05, 0.1) is 18.2 Å². The van der Waals surface area contributed by atoms with Crippen molar-refractivity contribution in [3.63, 3.8) is 0 Å². The van der Waals surface area contributed by atoms with E-state index in [9.17, 15) is 14.7 Å². The summed E-state index contributed by atoms with van der Waals surface area (Å²) in [7, 11) is 1.47. The van der Waals surface area contributed by atoms with E-state index in [4.69, 9.17) is 19.3 Å². The van der Waals surface area contributed by atoms with Crippen LogP contribution >= 0.6 is 0 Å². The number of phenols is 1. The van der Waals surface area contributed by atoms with Crippen LogP contribution in [0.1, 0.15) is 53.5 Å². The van der Waals surface area contributed by atoms with Gasteiger partial charge in [-0.1, -0.05) is 20.8 Å². The molecular weight excluding hydrogens is 388 g/mol. The molecule has 0 aromatic heterocycles. The number of phenolic OH excluding ortho intramolecular Hbond substituents is 1. The number of Topliss-reactive ketones (excluding diaryl/α,β-unsaturated/α-hetero) is 1. The van der Waals surface area contributed by atoms with Gasteiger partial charge in [-0.05, 0) is 42.7 Å². The molecule has 0 amide bonds. The summed E-state index contributed by atoms with van der Waals surface area (Å²) in [5.74, 6) is -0.123. The van der Waals surface area contributed by atoms with Crippen LogP contribution in [0.3, 0.4) is 0 Å². The molecule has 0 aliphatic carbocycles. The predicted octanol–water partition coefficient (Wildman–Crippen LogP) is 4.48. The molecule has 0 bridgehead atoms. The van der Waals surface area contributed by atoms with Gasteiger partial charge in [-0.2, -0.15) is 0 Å². The molecule has 0 radical (unpaired) electrons. The summed E-state index contributed by atoms with van der Waals surface area (Å²) in [5, 5.41) is 19.5. The normalized spacial score (nSPS) is 11.1. The highest BCUT2D eigenvalue weighted by Gasteiger charge is 2.21. The van der Waals surface area contributed by atoms with Crippen molar-refractivity contribution in [1.29, 1.82) is 0 Å². The Hall–Kier alpha value is -3.22. The fourth-order valence-electron chi connectivity index (χ4n) is 2.87. The average Bonchev–Trinajstić information content (AvgIpc) is 2.66. The van der Waals surface area contributed by atoms with Gasteiger partial charge in [-0.25, -0.2) is 4.79 Å². The van der Waals surface area contributed by atoms with Gasteiger partial charge >= 0.3 is 5.97 Å². The number of carbonyl (C=O) groups is 2. The minimum atomic E-state index is -1.06. The SMILES string of the molecule is COc1ccc(C(=O)O)cc1OCCOc1ccc(C(=O)CC(C)(C)C)c(O)c1C. The van der Waals surface area contributed by atoms with Crippen molar-refractivity contribution in [3.8, 4) is 23.0 Å². The summed E-state index contributed by atoms with van der Waals surface area (Å²) in [4.78, 5) is 23.5. The van der Waals surface area contributed by atoms with Crippen LogP contribution < -0.4 is 14.2 Å². The Morgan fingerprint density at radius 1 is 0.967 bits per heavy atom. The number of ketones is 1. The molecule has 0 saturated carbocycles. The lowest BCUT2D eigenvalue weighted by Gasteiger charge is -2.18. The fraction of sp³-hybridized carbons (Fsp3) is 0.391. The van der Waals surface area contributed by atoms with Crippen LogP contribution in [0.4, 0.5) is 0 Å². The number of rotatable bonds is 9. The first kappa shape index (κ1) is 23.1. The molecule has 2 aromatic rings. The molecule has 0 atom stereocenters. The van der Waals surface area contributed by atoms with E-state index in [1.54, 1.807) is 19.1 Å². The lowest BCUT2D eigenvalue weighted by atomic mass is 9.87. The number of hydrogen-bond acceptors (Lipinski definition) is 6.